The largest absolute Gasteiger partial charge is 0.490 e. The Balaban J connectivity index is 0.00000312. The first-order valence-electron chi connectivity index (χ1n) is 7.10. The Hall–Kier alpha value is -2.20. The molecule has 1 aromatic carbocycles. The molecule has 4 N–H and O–H groups in total. The van der Waals surface area contributed by atoms with Gasteiger partial charge in [-0.2, -0.15) is 10.1 Å². The van der Waals surface area contributed by atoms with Crippen molar-refractivity contribution in [1.82, 2.24) is 5.06 Å². The van der Waals surface area contributed by atoms with Crippen molar-refractivity contribution in [3.63, 3.8) is 0 Å². The smallest absolute Gasteiger partial charge is 0.226 e. The molecule has 0 spiro atoms. The number of hydrogen-bond donors (Lipinski definition) is 2. The zero-order valence-corrected chi connectivity index (χ0v) is 14.4. The maximum atomic E-state index is 13.4. The molecule has 0 radical (unpaired) electrons. The highest BCUT2D eigenvalue weighted by Gasteiger charge is 2.32. The van der Waals surface area contributed by atoms with Gasteiger partial charge in [-0.3, -0.25) is 4.84 Å². The lowest BCUT2D eigenvalue weighted by Crippen LogP contribution is -2.53. The molecular weight excluding hydrogens is 363 g/mol. The van der Waals surface area contributed by atoms with Crippen molar-refractivity contribution in [1.29, 1.82) is 0 Å². The summed E-state index contributed by atoms with van der Waals surface area (Å²) in [6.45, 7) is 3.64. The van der Waals surface area contributed by atoms with Crippen molar-refractivity contribution >= 4 is 24.3 Å². The minimum absolute atomic E-state index is 0. The van der Waals surface area contributed by atoms with Crippen LogP contribution in [0.5, 0.6) is 5.75 Å². The molecule has 0 amide bonds. The van der Waals surface area contributed by atoms with Crippen LogP contribution in [-0.4, -0.2) is 35.9 Å². The molecule has 0 aromatic heterocycles. The molecule has 11 heteroatoms. The number of hydrogen-bond acceptors (Lipinski definition) is 7. The Kier molecular flexibility index (Phi) is 6.88. The number of halogens is 4. The average Bonchev–Trinajstić information content (AvgIpc) is 2.45. The Morgan fingerprint density at radius 2 is 1.72 bits per heavy atom. The molecule has 25 heavy (non-hydrogen) atoms. The fourth-order valence-corrected chi connectivity index (χ4v) is 2.03. The van der Waals surface area contributed by atoms with Gasteiger partial charge in [-0.25, -0.2) is 18.2 Å². The molecule has 1 aliphatic rings. The fourth-order valence-electron chi connectivity index (χ4n) is 2.03. The molecular formula is C14H19ClF3N5O2. The summed E-state index contributed by atoms with van der Waals surface area (Å²) in [6, 6.07) is 1.08. The number of aliphatic imine (C=N–C) groups is 2. The summed E-state index contributed by atoms with van der Waals surface area (Å²) < 4.78 is 44.3. The van der Waals surface area contributed by atoms with Gasteiger partial charge in [0.2, 0.25) is 11.9 Å². The van der Waals surface area contributed by atoms with E-state index in [0.29, 0.717) is 18.6 Å². The summed E-state index contributed by atoms with van der Waals surface area (Å²) in [5.74, 6) is -3.70. The molecule has 0 saturated carbocycles. The van der Waals surface area contributed by atoms with Crippen molar-refractivity contribution in [2.24, 2.45) is 21.5 Å². The highest BCUT2D eigenvalue weighted by atomic mass is 35.5. The normalized spacial score (nSPS) is 16.0. The topological polar surface area (TPSA) is 98.5 Å². The number of benzene rings is 1. The van der Waals surface area contributed by atoms with Crippen LogP contribution in [0.2, 0.25) is 0 Å². The third-order valence-corrected chi connectivity index (χ3v) is 3.06. The maximum absolute atomic E-state index is 13.4. The lowest BCUT2D eigenvalue weighted by molar-refractivity contribution is -0.158. The quantitative estimate of drug-likeness (QED) is 0.579. The van der Waals surface area contributed by atoms with E-state index in [1.807, 2.05) is 0 Å². The summed E-state index contributed by atoms with van der Waals surface area (Å²) in [5.41, 5.74) is 10.4. The van der Waals surface area contributed by atoms with Crippen molar-refractivity contribution in [3.05, 3.63) is 29.6 Å². The number of rotatable bonds is 6. The SMILES string of the molecule is CC1(C)N=C(N)N=C(N)N1OCCCOc1cc(F)c(F)cc1F.Cl. The van der Waals surface area contributed by atoms with Gasteiger partial charge >= 0.3 is 0 Å². The summed E-state index contributed by atoms with van der Waals surface area (Å²) in [6.07, 6.45) is 0.331. The molecule has 1 aromatic rings. The van der Waals surface area contributed by atoms with Crippen LogP contribution in [0.25, 0.3) is 0 Å². The Labute approximate surface area is 148 Å². The summed E-state index contributed by atoms with van der Waals surface area (Å²) >= 11 is 0. The van der Waals surface area contributed by atoms with Crippen LogP contribution in [0.3, 0.4) is 0 Å². The van der Waals surface area contributed by atoms with Gasteiger partial charge in [-0.1, -0.05) is 0 Å². The molecule has 1 aliphatic heterocycles. The summed E-state index contributed by atoms with van der Waals surface area (Å²) in [4.78, 5) is 13.4. The predicted octanol–water partition coefficient (Wildman–Crippen LogP) is 1.91. The third kappa shape index (κ3) is 5.13. The average molecular weight is 382 g/mol. The van der Waals surface area contributed by atoms with Gasteiger partial charge in [-0.05, 0) is 13.8 Å². The van der Waals surface area contributed by atoms with Crippen LogP contribution >= 0.6 is 12.4 Å². The molecule has 0 aliphatic carbocycles. The molecule has 0 saturated heterocycles. The van der Waals surface area contributed by atoms with E-state index in [2.05, 4.69) is 9.98 Å². The lowest BCUT2D eigenvalue weighted by Gasteiger charge is -2.36. The zero-order valence-electron chi connectivity index (χ0n) is 13.6. The second kappa shape index (κ2) is 8.26. The summed E-state index contributed by atoms with van der Waals surface area (Å²) in [7, 11) is 0. The van der Waals surface area contributed by atoms with E-state index in [1.165, 1.54) is 5.06 Å². The van der Waals surface area contributed by atoms with E-state index in [9.17, 15) is 13.2 Å². The standard InChI is InChI=1S/C14H18F3N5O2.ClH/c1-14(2)21-12(18)20-13(19)22(14)24-5-3-4-23-11-7-9(16)8(15)6-10(11)17;/h6-7H,3-5H2,1-2H3,(H4,18,19,20,21);1H. The lowest BCUT2D eigenvalue weighted by atomic mass is 10.2. The van der Waals surface area contributed by atoms with Crippen LogP contribution in [0, 0.1) is 17.5 Å². The first-order valence-corrected chi connectivity index (χ1v) is 7.10. The molecule has 0 bridgehead atoms. The first-order chi connectivity index (χ1) is 11.2. The highest BCUT2D eigenvalue weighted by molar-refractivity contribution is 5.95. The Bertz CT molecular complexity index is 685. The van der Waals surface area contributed by atoms with E-state index in [4.69, 9.17) is 21.0 Å². The fraction of sp³-hybridized carbons (Fsp3) is 0.429. The second-order valence-corrected chi connectivity index (χ2v) is 5.46. The van der Waals surface area contributed by atoms with Gasteiger partial charge in [0.05, 0.1) is 13.2 Å². The number of hydroxylamine groups is 2. The van der Waals surface area contributed by atoms with E-state index in [0.717, 1.165) is 0 Å². The summed E-state index contributed by atoms with van der Waals surface area (Å²) in [5, 5.41) is 1.29. The van der Waals surface area contributed by atoms with Gasteiger partial charge in [0.15, 0.2) is 28.9 Å². The van der Waals surface area contributed by atoms with Gasteiger partial charge in [-0.15, -0.1) is 12.4 Å². The monoisotopic (exact) mass is 381 g/mol. The molecule has 0 atom stereocenters. The molecule has 0 fully saturated rings. The molecule has 2 rings (SSSR count). The van der Waals surface area contributed by atoms with Crippen molar-refractivity contribution in [2.75, 3.05) is 13.2 Å². The van der Waals surface area contributed by atoms with Crippen LogP contribution in [-0.2, 0) is 4.84 Å². The van der Waals surface area contributed by atoms with Crippen LogP contribution < -0.4 is 16.2 Å². The zero-order chi connectivity index (χ0) is 17.9. The number of nitrogens with zero attached hydrogens (tertiary/aromatic N) is 3. The van der Waals surface area contributed by atoms with E-state index >= 15 is 0 Å². The van der Waals surface area contributed by atoms with Crippen molar-refractivity contribution in [2.45, 2.75) is 25.9 Å². The molecule has 7 nitrogen and oxygen atoms in total. The minimum Gasteiger partial charge on any atom is -0.490 e. The maximum Gasteiger partial charge on any atom is 0.226 e. The third-order valence-electron chi connectivity index (χ3n) is 3.06. The van der Waals surface area contributed by atoms with Crippen molar-refractivity contribution < 1.29 is 22.7 Å². The number of ether oxygens (including phenoxy) is 1. The first kappa shape index (κ1) is 20.8. The van der Waals surface area contributed by atoms with E-state index in [-0.39, 0.29) is 43.3 Å². The van der Waals surface area contributed by atoms with E-state index < -0.39 is 23.1 Å². The molecule has 140 valence electrons. The van der Waals surface area contributed by atoms with Crippen LogP contribution in [0.1, 0.15) is 20.3 Å². The van der Waals surface area contributed by atoms with E-state index in [1.54, 1.807) is 13.8 Å². The van der Waals surface area contributed by atoms with Crippen LogP contribution in [0.4, 0.5) is 13.2 Å². The van der Waals surface area contributed by atoms with Gasteiger partial charge in [0.1, 0.15) is 0 Å². The number of nitrogens with two attached hydrogens (primary N) is 2. The van der Waals surface area contributed by atoms with Gasteiger partial charge < -0.3 is 16.2 Å². The predicted molar refractivity (Wildman–Crippen MR) is 88.8 cm³/mol. The Morgan fingerprint density at radius 3 is 2.36 bits per heavy atom. The highest BCUT2D eigenvalue weighted by Crippen LogP contribution is 2.22. The van der Waals surface area contributed by atoms with Crippen LogP contribution in [0.15, 0.2) is 22.1 Å². The Morgan fingerprint density at radius 1 is 1.08 bits per heavy atom. The molecule has 1 heterocycles. The van der Waals surface area contributed by atoms with Gasteiger partial charge in [0, 0.05) is 18.6 Å². The minimum atomic E-state index is -1.27. The van der Waals surface area contributed by atoms with Gasteiger partial charge in [0.25, 0.3) is 0 Å². The number of guanidine groups is 2. The van der Waals surface area contributed by atoms with Crippen molar-refractivity contribution in [3.8, 4) is 5.75 Å². The second-order valence-electron chi connectivity index (χ2n) is 5.46. The molecule has 0 unspecified atom stereocenters.